The van der Waals surface area contributed by atoms with Crippen molar-refractivity contribution >= 4 is 22.0 Å². The van der Waals surface area contributed by atoms with E-state index < -0.39 is 0 Å². The van der Waals surface area contributed by atoms with Gasteiger partial charge in [-0.15, -0.1) is 0 Å². The topological polar surface area (TPSA) is 43.3 Å². The van der Waals surface area contributed by atoms with E-state index in [0.717, 1.165) is 32.4 Å². The third-order valence-corrected chi connectivity index (χ3v) is 4.76. The summed E-state index contributed by atoms with van der Waals surface area (Å²) in [5.41, 5.74) is 10.4. The maximum atomic E-state index is 6.40. The Morgan fingerprint density at radius 1 is 0.720 bits per heavy atom. The van der Waals surface area contributed by atoms with E-state index in [-0.39, 0.29) is 0 Å². The van der Waals surface area contributed by atoms with Crippen LogP contribution in [0.5, 0.6) is 0 Å². The normalized spacial score (nSPS) is 11.6. The predicted octanol–water partition coefficient (Wildman–Crippen LogP) is 5.02. The van der Waals surface area contributed by atoms with Crippen LogP contribution in [-0.4, -0.2) is 4.57 Å². The summed E-state index contributed by atoms with van der Waals surface area (Å²) in [7, 11) is 0. The number of hydrogen-bond acceptors (Lipinski definition) is 3. The summed E-state index contributed by atoms with van der Waals surface area (Å²) in [5, 5.41) is 0.754. The van der Waals surface area contributed by atoms with Gasteiger partial charge in [0.2, 0.25) is 0 Å². The lowest BCUT2D eigenvalue weighted by atomic mass is 10.1. The molecule has 0 fully saturated rings. The van der Waals surface area contributed by atoms with Gasteiger partial charge < -0.3 is 5.73 Å². The second-order valence-corrected chi connectivity index (χ2v) is 6.59. The van der Waals surface area contributed by atoms with E-state index in [0.29, 0.717) is 0 Å². The molecule has 4 heteroatoms. The van der Waals surface area contributed by atoms with E-state index in [9.17, 15) is 0 Å². The number of aromatic nitrogens is 1. The minimum atomic E-state index is 0.754. The minimum absolute atomic E-state index is 0.754. The molecule has 0 atom stereocenters. The van der Waals surface area contributed by atoms with Gasteiger partial charge in [0.1, 0.15) is 5.00 Å². The third kappa shape index (κ3) is 3.12. The fourth-order valence-corrected chi connectivity index (χ4v) is 3.71. The van der Waals surface area contributed by atoms with Crippen molar-refractivity contribution in [3.05, 3.63) is 95.8 Å². The predicted molar refractivity (Wildman–Crippen MR) is 105 cm³/mol. The van der Waals surface area contributed by atoms with Gasteiger partial charge in [0, 0.05) is 11.3 Å². The molecule has 0 spiro atoms. The largest absolute Gasteiger partial charge is 0.389 e. The van der Waals surface area contributed by atoms with Gasteiger partial charge in [0.15, 0.2) is 4.80 Å². The number of para-hydroxylation sites is 2. The molecule has 0 radical (unpaired) electrons. The maximum absolute atomic E-state index is 6.40. The Morgan fingerprint density at radius 3 is 1.92 bits per heavy atom. The number of benzene rings is 3. The smallest absolute Gasteiger partial charge is 0.197 e. The summed E-state index contributed by atoms with van der Waals surface area (Å²) in [6, 6.07) is 30.4. The number of nitrogens with two attached hydrogens (primary N) is 1. The summed E-state index contributed by atoms with van der Waals surface area (Å²) in [6.07, 6.45) is 0. The van der Waals surface area contributed by atoms with Crippen molar-refractivity contribution in [2.45, 2.75) is 0 Å². The molecule has 1 aromatic heterocycles. The van der Waals surface area contributed by atoms with Crippen molar-refractivity contribution in [2.75, 3.05) is 5.73 Å². The Hall–Kier alpha value is -3.11. The highest BCUT2D eigenvalue weighted by molar-refractivity contribution is 7.13. The first-order valence-corrected chi connectivity index (χ1v) is 8.86. The first-order chi connectivity index (χ1) is 12.3. The Morgan fingerprint density at radius 2 is 1.28 bits per heavy atom. The minimum Gasteiger partial charge on any atom is -0.389 e. The molecule has 3 nitrogen and oxygen atoms in total. The molecule has 122 valence electrons. The number of nitrogen functional groups attached to an aromatic ring is 1. The SMILES string of the molecule is Nc1sc(=Nc2ccccc2)n(-c2ccccc2)c1-c1ccccc1. The summed E-state index contributed by atoms with van der Waals surface area (Å²) in [5.74, 6) is 0. The van der Waals surface area contributed by atoms with E-state index in [2.05, 4.69) is 28.8 Å². The lowest BCUT2D eigenvalue weighted by molar-refractivity contribution is 1.01. The molecule has 1 heterocycles. The zero-order chi connectivity index (χ0) is 17.1. The molecule has 4 aromatic rings. The average Bonchev–Trinajstić information content (AvgIpc) is 2.99. The van der Waals surface area contributed by atoms with Crippen LogP contribution in [0.1, 0.15) is 0 Å². The van der Waals surface area contributed by atoms with Crippen LogP contribution in [0.2, 0.25) is 0 Å². The molecule has 3 aromatic carbocycles. The fourth-order valence-electron chi connectivity index (χ4n) is 2.77. The van der Waals surface area contributed by atoms with Gasteiger partial charge in [0.05, 0.1) is 11.4 Å². The van der Waals surface area contributed by atoms with Gasteiger partial charge >= 0.3 is 0 Å². The molecule has 2 N–H and O–H groups in total. The van der Waals surface area contributed by atoms with Gasteiger partial charge in [0.25, 0.3) is 0 Å². The van der Waals surface area contributed by atoms with Crippen molar-refractivity contribution in [2.24, 2.45) is 4.99 Å². The van der Waals surface area contributed by atoms with Crippen LogP contribution in [0.25, 0.3) is 16.9 Å². The Kier molecular flexibility index (Phi) is 4.19. The van der Waals surface area contributed by atoms with Crippen LogP contribution < -0.4 is 10.5 Å². The van der Waals surface area contributed by atoms with Gasteiger partial charge in [-0.2, -0.15) is 0 Å². The van der Waals surface area contributed by atoms with E-state index in [1.54, 1.807) is 0 Å². The molecule has 0 saturated heterocycles. The van der Waals surface area contributed by atoms with Crippen LogP contribution in [-0.2, 0) is 0 Å². The third-order valence-electron chi connectivity index (χ3n) is 3.89. The van der Waals surface area contributed by atoms with Crippen molar-refractivity contribution in [3.8, 4) is 16.9 Å². The van der Waals surface area contributed by atoms with Crippen LogP contribution >= 0.6 is 11.3 Å². The van der Waals surface area contributed by atoms with Crippen molar-refractivity contribution < 1.29 is 0 Å². The lowest BCUT2D eigenvalue weighted by Crippen LogP contribution is -2.13. The van der Waals surface area contributed by atoms with Crippen LogP contribution in [0.4, 0.5) is 10.7 Å². The van der Waals surface area contributed by atoms with E-state index in [4.69, 9.17) is 10.7 Å². The summed E-state index contributed by atoms with van der Waals surface area (Å²) < 4.78 is 2.13. The molecular formula is C21H17N3S. The van der Waals surface area contributed by atoms with Crippen molar-refractivity contribution in [1.82, 2.24) is 4.57 Å². The number of anilines is 1. The van der Waals surface area contributed by atoms with Crippen molar-refractivity contribution in [1.29, 1.82) is 0 Å². The first-order valence-electron chi connectivity index (χ1n) is 8.05. The number of hydrogen-bond donors (Lipinski definition) is 1. The average molecular weight is 343 g/mol. The zero-order valence-electron chi connectivity index (χ0n) is 13.5. The molecular weight excluding hydrogens is 326 g/mol. The summed E-state index contributed by atoms with van der Waals surface area (Å²) in [6.45, 7) is 0. The Balaban J connectivity index is 2.02. The molecule has 4 rings (SSSR count). The first kappa shape index (κ1) is 15.4. The van der Waals surface area contributed by atoms with E-state index in [1.165, 1.54) is 11.3 Å². The second-order valence-electron chi connectivity index (χ2n) is 5.58. The highest BCUT2D eigenvalue weighted by Gasteiger charge is 2.14. The zero-order valence-corrected chi connectivity index (χ0v) is 14.4. The van der Waals surface area contributed by atoms with Gasteiger partial charge in [-0.3, -0.25) is 4.57 Å². The molecule has 0 aliphatic rings. The van der Waals surface area contributed by atoms with Crippen molar-refractivity contribution in [3.63, 3.8) is 0 Å². The highest BCUT2D eigenvalue weighted by atomic mass is 32.1. The fraction of sp³-hybridized carbons (Fsp3) is 0. The highest BCUT2D eigenvalue weighted by Crippen LogP contribution is 2.30. The lowest BCUT2D eigenvalue weighted by Gasteiger charge is -2.10. The van der Waals surface area contributed by atoms with E-state index in [1.807, 2.05) is 66.7 Å². The number of nitrogens with zero attached hydrogens (tertiary/aromatic N) is 2. The van der Waals surface area contributed by atoms with Gasteiger partial charge in [-0.25, -0.2) is 4.99 Å². The molecule has 0 aliphatic heterocycles. The van der Waals surface area contributed by atoms with Crippen LogP contribution in [0.3, 0.4) is 0 Å². The van der Waals surface area contributed by atoms with E-state index >= 15 is 0 Å². The monoisotopic (exact) mass is 343 g/mol. The standard InChI is InChI=1S/C21H17N3S/c22-20-19(16-10-4-1-5-11-16)24(18-14-8-3-9-15-18)21(25-20)23-17-12-6-2-7-13-17/h1-15H,22H2. The number of thiazole rings is 1. The quantitative estimate of drug-likeness (QED) is 0.557. The number of rotatable bonds is 3. The van der Waals surface area contributed by atoms with Gasteiger partial charge in [-0.1, -0.05) is 78.1 Å². The molecule has 0 bridgehead atoms. The molecule has 0 unspecified atom stereocenters. The van der Waals surface area contributed by atoms with Crippen LogP contribution in [0, 0.1) is 0 Å². The van der Waals surface area contributed by atoms with Gasteiger partial charge in [-0.05, 0) is 24.3 Å². The molecule has 0 saturated carbocycles. The second kappa shape index (κ2) is 6.79. The maximum Gasteiger partial charge on any atom is 0.197 e. The Bertz CT molecular complexity index is 1030. The molecule has 0 amide bonds. The molecule has 0 aliphatic carbocycles. The van der Waals surface area contributed by atoms with Crippen LogP contribution in [0.15, 0.2) is 96.0 Å². The summed E-state index contributed by atoms with van der Waals surface area (Å²) in [4.78, 5) is 5.68. The Labute approximate surface area is 150 Å². The molecule has 25 heavy (non-hydrogen) atoms. The summed E-state index contributed by atoms with van der Waals surface area (Å²) >= 11 is 1.50.